The maximum absolute atomic E-state index is 10.4. The van der Waals surface area contributed by atoms with Gasteiger partial charge in [0.05, 0.1) is 14.2 Å². The van der Waals surface area contributed by atoms with E-state index in [4.69, 9.17) is 9.47 Å². The molecular formula is C18H19NO4. The molecule has 1 aliphatic carbocycles. The van der Waals surface area contributed by atoms with Gasteiger partial charge in [-0.15, -0.1) is 0 Å². The SMILES string of the molecule is COc1cc2c(cc1O)-c1c(OC)c(O)cc3c1C(C2)NCC3. The van der Waals surface area contributed by atoms with Crippen molar-refractivity contribution in [3.8, 4) is 34.1 Å². The van der Waals surface area contributed by atoms with Crippen molar-refractivity contribution in [2.45, 2.75) is 18.9 Å². The molecule has 4 rings (SSSR count). The first-order chi connectivity index (χ1) is 11.1. The van der Waals surface area contributed by atoms with E-state index in [0.29, 0.717) is 11.5 Å². The summed E-state index contributed by atoms with van der Waals surface area (Å²) in [6.07, 6.45) is 1.69. The molecule has 120 valence electrons. The van der Waals surface area contributed by atoms with Crippen LogP contribution in [0.1, 0.15) is 22.7 Å². The molecule has 0 radical (unpaired) electrons. The summed E-state index contributed by atoms with van der Waals surface area (Å²) in [6, 6.07) is 5.56. The van der Waals surface area contributed by atoms with Crippen LogP contribution < -0.4 is 14.8 Å². The van der Waals surface area contributed by atoms with Crippen LogP contribution in [-0.2, 0) is 12.8 Å². The number of hydrogen-bond donors (Lipinski definition) is 3. The Morgan fingerprint density at radius 1 is 1.04 bits per heavy atom. The van der Waals surface area contributed by atoms with Gasteiger partial charge < -0.3 is 25.0 Å². The van der Waals surface area contributed by atoms with Gasteiger partial charge in [0.15, 0.2) is 23.0 Å². The third-order valence-corrected chi connectivity index (χ3v) is 4.82. The molecule has 0 saturated carbocycles. The Kier molecular flexibility index (Phi) is 3.13. The number of rotatable bonds is 2. The lowest BCUT2D eigenvalue weighted by Crippen LogP contribution is -2.33. The lowest BCUT2D eigenvalue weighted by atomic mass is 9.77. The average Bonchev–Trinajstić information content (AvgIpc) is 2.55. The van der Waals surface area contributed by atoms with Gasteiger partial charge in [-0.1, -0.05) is 0 Å². The average molecular weight is 313 g/mol. The van der Waals surface area contributed by atoms with Gasteiger partial charge in [-0.2, -0.15) is 0 Å². The smallest absolute Gasteiger partial charge is 0.168 e. The molecule has 23 heavy (non-hydrogen) atoms. The van der Waals surface area contributed by atoms with Crippen molar-refractivity contribution >= 4 is 0 Å². The van der Waals surface area contributed by atoms with Gasteiger partial charge in [-0.3, -0.25) is 0 Å². The van der Waals surface area contributed by atoms with Crippen molar-refractivity contribution in [1.29, 1.82) is 0 Å². The first-order valence-electron chi connectivity index (χ1n) is 7.70. The summed E-state index contributed by atoms with van der Waals surface area (Å²) in [7, 11) is 3.10. The highest BCUT2D eigenvalue weighted by Gasteiger charge is 2.34. The number of nitrogens with one attached hydrogen (secondary N) is 1. The Bertz CT molecular complexity index is 800. The van der Waals surface area contributed by atoms with Crippen LogP contribution in [0.5, 0.6) is 23.0 Å². The zero-order valence-electron chi connectivity index (χ0n) is 13.1. The minimum absolute atomic E-state index is 0.0904. The highest BCUT2D eigenvalue weighted by atomic mass is 16.5. The highest BCUT2D eigenvalue weighted by Crippen LogP contribution is 2.52. The third kappa shape index (κ3) is 1.96. The number of hydrogen-bond acceptors (Lipinski definition) is 5. The van der Waals surface area contributed by atoms with Gasteiger partial charge in [0.1, 0.15) is 0 Å². The van der Waals surface area contributed by atoms with Crippen molar-refractivity contribution in [3.05, 3.63) is 34.9 Å². The second-order valence-electron chi connectivity index (χ2n) is 6.02. The number of fused-ring (bicyclic) bond motifs is 2. The van der Waals surface area contributed by atoms with Gasteiger partial charge >= 0.3 is 0 Å². The summed E-state index contributed by atoms with van der Waals surface area (Å²) < 4.78 is 10.7. The van der Waals surface area contributed by atoms with Crippen molar-refractivity contribution in [1.82, 2.24) is 5.32 Å². The zero-order valence-corrected chi connectivity index (χ0v) is 13.1. The van der Waals surface area contributed by atoms with Crippen molar-refractivity contribution in [3.63, 3.8) is 0 Å². The van der Waals surface area contributed by atoms with E-state index in [0.717, 1.165) is 41.6 Å². The van der Waals surface area contributed by atoms with E-state index < -0.39 is 0 Å². The summed E-state index contributed by atoms with van der Waals surface area (Å²) in [5, 5.41) is 24.1. The Morgan fingerprint density at radius 2 is 1.87 bits per heavy atom. The van der Waals surface area contributed by atoms with E-state index in [-0.39, 0.29) is 17.5 Å². The number of benzene rings is 2. The maximum Gasteiger partial charge on any atom is 0.168 e. The molecular weight excluding hydrogens is 294 g/mol. The van der Waals surface area contributed by atoms with E-state index in [9.17, 15) is 10.2 Å². The van der Waals surface area contributed by atoms with Crippen LogP contribution in [0.3, 0.4) is 0 Å². The minimum atomic E-state index is 0.0904. The number of aromatic hydroxyl groups is 2. The highest BCUT2D eigenvalue weighted by molar-refractivity contribution is 5.84. The van der Waals surface area contributed by atoms with Gasteiger partial charge in [-0.05, 0) is 59.8 Å². The lowest BCUT2D eigenvalue weighted by Gasteiger charge is -2.35. The number of phenolic OH excluding ortho intramolecular Hbond substituents is 2. The predicted molar refractivity (Wildman–Crippen MR) is 86.5 cm³/mol. The molecule has 5 heteroatoms. The third-order valence-electron chi connectivity index (χ3n) is 4.82. The lowest BCUT2D eigenvalue weighted by molar-refractivity contribution is 0.368. The summed E-state index contributed by atoms with van der Waals surface area (Å²) in [6.45, 7) is 0.882. The van der Waals surface area contributed by atoms with Gasteiger partial charge in [-0.25, -0.2) is 0 Å². The monoisotopic (exact) mass is 313 g/mol. The fraction of sp³-hybridized carbons (Fsp3) is 0.333. The zero-order chi connectivity index (χ0) is 16.1. The van der Waals surface area contributed by atoms with Crippen LogP contribution in [0.15, 0.2) is 18.2 Å². The van der Waals surface area contributed by atoms with Crippen LogP contribution in [-0.4, -0.2) is 31.0 Å². The van der Waals surface area contributed by atoms with Gasteiger partial charge in [0.25, 0.3) is 0 Å². The summed E-state index contributed by atoms with van der Waals surface area (Å²) >= 11 is 0. The van der Waals surface area contributed by atoms with E-state index in [2.05, 4.69) is 5.32 Å². The molecule has 0 amide bonds. The molecule has 0 fully saturated rings. The number of phenols is 2. The normalized spacial score (nSPS) is 18.1. The molecule has 5 nitrogen and oxygen atoms in total. The first-order valence-corrected chi connectivity index (χ1v) is 7.70. The van der Waals surface area contributed by atoms with Crippen LogP contribution >= 0.6 is 0 Å². The second kappa shape index (κ2) is 5.06. The van der Waals surface area contributed by atoms with E-state index in [1.807, 2.05) is 6.07 Å². The number of methoxy groups -OCH3 is 2. The fourth-order valence-corrected chi connectivity index (χ4v) is 3.85. The van der Waals surface area contributed by atoms with Crippen LogP contribution in [0.2, 0.25) is 0 Å². The molecule has 1 atom stereocenters. The van der Waals surface area contributed by atoms with E-state index >= 15 is 0 Å². The Labute approximate surface area is 134 Å². The molecule has 2 aromatic carbocycles. The molecule has 2 aliphatic rings. The van der Waals surface area contributed by atoms with Crippen LogP contribution in [0, 0.1) is 0 Å². The molecule has 1 heterocycles. The van der Waals surface area contributed by atoms with Crippen LogP contribution in [0.25, 0.3) is 11.1 Å². The van der Waals surface area contributed by atoms with Gasteiger partial charge in [0.2, 0.25) is 0 Å². The Hall–Kier alpha value is -2.40. The minimum Gasteiger partial charge on any atom is -0.504 e. The topological polar surface area (TPSA) is 71.0 Å². The predicted octanol–water partition coefficient (Wildman–Crippen LogP) is 2.52. The quantitative estimate of drug-likeness (QED) is 0.795. The Morgan fingerprint density at radius 3 is 2.61 bits per heavy atom. The van der Waals surface area contributed by atoms with Gasteiger partial charge in [0, 0.05) is 11.6 Å². The van der Waals surface area contributed by atoms with E-state index in [1.54, 1.807) is 26.4 Å². The maximum atomic E-state index is 10.4. The second-order valence-corrected chi connectivity index (χ2v) is 6.02. The van der Waals surface area contributed by atoms with Crippen LogP contribution in [0.4, 0.5) is 0 Å². The van der Waals surface area contributed by atoms with Crippen molar-refractivity contribution < 1.29 is 19.7 Å². The number of ether oxygens (including phenoxy) is 2. The standard InChI is InChI=1S/C18H19NO4/c1-22-15-7-10-5-12-16-9(3-4-19-12)6-14(21)18(23-2)17(16)11(10)8-13(15)20/h6-8,12,19-21H,3-5H2,1-2H3. The molecule has 0 spiro atoms. The molecule has 3 N–H and O–H groups in total. The fourth-order valence-electron chi connectivity index (χ4n) is 3.85. The Balaban J connectivity index is 2.06. The van der Waals surface area contributed by atoms with Crippen molar-refractivity contribution in [2.75, 3.05) is 20.8 Å². The molecule has 2 aromatic rings. The van der Waals surface area contributed by atoms with E-state index in [1.165, 1.54) is 5.56 Å². The summed E-state index contributed by atoms with van der Waals surface area (Å²) in [4.78, 5) is 0. The largest absolute Gasteiger partial charge is 0.504 e. The van der Waals surface area contributed by atoms with Crippen molar-refractivity contribution in [2.24, 2.45) is 0 Å². The first kappa shape index (κ1) is 14.2. The molecule has 0 bridgehead atoms. The molecule has 1 aliphatic heterocycles. The summed E-state index contributed by atoms with van der Waals surface area (Å²) in [5.74, 6) is 1.16. The molecule has 0 aromatic heterocycles. The molecule has 1 unspecified atom stereocenters. The summed E-state index contributed by atoms with van der Waals surface area (Å²) in [5.41, 5.74) is 5.15. The molecule has 0 saturated heterocycles.